The van der Waals surface area contributed by atoms with Crippen LogP contribution in [0.25, 0.3) is 0 Å². The Hall–Kier alpha value is -1.26. The van der Waals surface area contributed by atoms with Gasteiger partial charge in [0.1, 0.15) is 5.60 Å². The predicted octanol–water partition coefficient (Wildman–Crippen LogP) is 4.92. The van der Waals surface area contributed by atoms with Crippen molar-refractivity contribution in [2.24, 2.45) is 0 Å². The first-order valence-corrected chi connectivity index (χ1v) is 9.48. The summed E-state index contributed by atoms with van der Waals surface area (Å²) in [4.78, 5) is 14.0. The van der Waals surface area contributed by atoms with Gasteiger partial charge < -0.3 is 15.0 Å². The van der Waals surface area contributed by atoms with Gasteiger partial charge in [0.05, 0.1) is 0 Å². The van der Waals surface area contributed by atoms with E-state index in [1.165, 1.54) is 5.56 Å². The number of amides is 1. The highest BCUT2D eigenvalue weighted by atomic mass is 35.5. The lowest BCUT2D eigenvalue weighted by molar-refractivity contribution is 0.0179. The molecule has 140 valence electrons. The maximum absolute atomic E-state index is 12.2. The summed E-state index contributed by atoms with van der Waals surface area (Å²) in [5.41, 5.74) is 1.87. The molecule has 0 unspecified atom stereocenters. The number of aryl methyl sites for hydroxylation is 1. The first-order chi connectivity index (χ1) is 11.7. The zero-order valence-electron chi connectivity index (χ0n) is 16.1. The van der Waals surface area contributed by atoms with Crippen LogP contribution in [0.2, 0.25) is 5.02 Å². The van der Waals surface area contributed by atoms with Crippen molar-refractivity contribution in [2.45, 2.75) is 77.6 Å². The van der Waals surface area contributed by atoms with Crippen molar-refractivity contribution in [1.29, 1.82) is 0 Å². The monoisotopic (exact) mass is 366 g/mol. The maximum Gasteiger partial charge on any atom is 0.410 e. The van der Waals surface area contributed by atoms with Crippen molar-refractivity contribution < 1.29 is 9.53 Å². The molecule has 1 aromatic carbocycles. The van der Waals surface area contributed by atoms with Gasteiger partial charge in [-0.2, -0.15) is 0 Å². The van der Waals surface area contributed by atoms with Crippen molar-refractivity contribution in [1.82, 2.24) is 10.2 Å². The van der Waals surface area contributed by atoms with E-state index in [2.05, 4.69) is 17.4 Å². The minimum absolute atomic E-state index is 0.224. The van der Waals surface area contributed by atoms with Crippen molar-refractivity contribution in [3.63, 3.8) is 0 Å². The van der Waals surface area contributed by atoms with Crippen molar-refractivity contribution >= 4 is 17.7 Å². The molecular weight excluding hydrogens is 336 g/mol. The first kappa shape index (κ1) is 20.1. The normalized spacial score (nSPS) is 21.0. The number of nitrogens with one attached hydrogen (secondary N) is 1. The van der Waals surface area contributed by atoms with Gasteiger partial charge in [0.2, 0.25) is 0 Å². The molecule has 0 aromatic heterocycles. The lowest BCUT2D eigenvalue weighted by Crippen LogP contribution is -2.44. The average molecular weight is 367 g/mol. The number of rotatable bonds is 4. The fourth-order valence-electron chi connectivity index (χ4n) is 3.16. The topological polar surface area (TPSA) is 41.6 Å². The van der Waals surface area contributed by atoms with Crippen LogP contribution in [0, 0.1) is 6.92 Å². The number of nitrogens with zero attached hydrogens (tertiary/aromatic N) is 1. The summed E-state index contributed by atoms with van der Waals surface area (Å²) in [6.45, 7) is 8.55. The second-order valence-electron chi connectivity index (χ2n) is 8.06. The Balaban J connectivity index is 1.77. The molecule has 1 aromatic rings. The Kier molecular flexibility index (Phi) is 6.75. The van der Waals surface area contributed by atoms with E-state index in [0.717, 1.165) is 42.8 Å². The molecule has 1 saturated carbocycles. The van der Waals surface area contributed by atoms with E-state index in [1.54, 1.807) is 4.90 Å². The molecule has 0 bridgehead atoms. The van der Waals surface area contributed by atoms with Gasteiger partial charge in [0.25, 0.3) is 0 Å². The predicted molar refractivity (Wildman–Crippen MR) is 103 cm³/mol. The number of carbonyl (C=O) groups excluding carboxylic acids is 1. The summed E-state index contributed by atoms with van der Waals surface area (Å²) in [5.74, 6) is 0. The van der Waals surface area contributed by atoms with Crippen LogP contribution >= 0.6 is 11.6 Å². The van der Waals surface area contributed by atoms with Crippen molar-refractivity contribution in [2.75, 3.05) is 7.05 Å². The molecule has 0 aliphatic heterocycles. The Morgan fingerprint density at radius 3 is 2.48 bits per heavy atom. The van der Waals surface area contributed by atoms with E-state index in [9.17, 15) is 4.79 Å². The summed E-state index contributed by atoms with van der Waals surface area (Å²) < 4.78 is 5.46. The second kappa shape index (κ2) is 8.41. The SMILES string of the molecule is Cc1ccc(CNC2CCC(N(C)C(=O)OC(C)(C)C)CC2)cc1Cl. The maximum atomic E-state index is 12.2. The third-order valence-electron chi connectivity index (χ3n) is 4.76. The molecule has 1 amide bonds. The number of carbonyl (C=O) groups is 1. The van der Waals surface area contributed by atoms with Crippen molar-refractivity contribution in [3.8, 4) is 0 Å². The third kappa shape index (κ3) is 6.19. The Bertz CT molecular complexity index is 590. The highest BCUT2D eigenvalue weighted by molar-refractivity contribution is 6.31. The number of hydrogen-bond donors (Lipinski definition) is 1. The largest absolute Gasteiger partial charge is 0.444 e. The number of ether oxygens (including phenoxy) is 1. The highest BCUT2D eigenvalue weighted by Crippen LogP contribution is 2.24. The third-order valence-corrected chi connectivity index (χ3v) is 5.16. The summed E-state index contributed by atoms with van der Waals surface area (Å²) in [7, 11) is 1.85. The summed E-state index contributed by atoms with van der Waals surface area (Å²) in [6, 6.07) is 6.97. The van der Waals surface area contributed by atoms with Crippen LogP contribution in [-0.4, -0.2) is 35.7 Å². The molecule has 1 aliphatic carbocycles. The quantitative estimate of drug-likeness (QED) is 0.822. The summed E-state index contributed by atoms with van der Waals surface area (Å²) in [6.07, 6.45) is 3.91. The van der Waals surface area contributed by atoms with Gasteiger partial charge in [-0.15, -0.1) is 0 Å². The van der Waals surface area contributed by atoms with Crippen LogP contribution < -0.4 is 5.32 Å². The fourth-order valence-corrected chi connectivity index (χ4v) is 3.36. The van der Waals surface area contributed by atoms with E-state index in [-0.39, 0.29) is 12.1 Å². The van der Waals surface area contributed by atoms with E-state index < -0.39 is 5.60 Å². The van der Waals surface area contributed by atoms with E-state index in [1.807, 2.05) is 40.8 Å². The molecule has 0 heterocycles. The van der Waals surface area contributed by atoms with Crippen LogP contribution in [0.1, 0.15) is 57.6 Å². The fraction of sp³-hybridized carbons (Fsp3) is 0.650. The lowest BCUT2D eigenvalue weighted by atomic mass is 9.90. The standard InChI is InChI=1S/C20H31ClN2O2/c1-14-6-7-15(12-18(14)21)13-22-16-8-10-17(11-9-16)23(5)19(24)25-20(2,3)4/h6-7,12,16-17,22H,8-11,13H2,1-5H3. The van der Waals surface area contributed by atoms with E-state index >= 15 is 0 Å². The molecule has 0 atom stereocenters. The zero-order valence-corrected chi connectivity index (χ0v) is 16.8. The van der Waals surface area contributed by atoms with E-state index in [4.69, 9.17) is 16.3 Å². The molecule has 5 heteroatoms. The molecule has 0 radical (unpaired) electrons. The molecule has 25 heavy (non-hydrogen) atoms. The van der Waals surface area contributed by atoms with Gasteiger partial charge in [0, 0.05) is 30.7 Å². The molecule has 1 fully saturated rings. The average Bonchev–Trinajstić information content (AvgIpc) is 2.54. The smallest absolute Gasteiger partial charge is 0.410 e. The molecule has 1 aliphatic rings. The second-order valence-corrected chi connectivity index (χ2v) is 8.47. The van der Waals surface area contributed by atoms with Crippen LogP contribution in [0.5, 0.6) is 0 Å². The van der Waals surface area contributed by atoms with Crippen LogP contribution in [0.4, 0.5) is 4.79 Å². The Labute approximate surface area is 156 Å². The molecule has 4 nitrogen and oxygen atoms in total. The lowest BCUT2D eigenvalue weighted by Gasteiger charge is -2.35. The molecule has 2 rings (SSSR count). The zero-order chi connectivity index (χ0) is 18.6. The highest BCUT2D eigenvalue weighted by Gasteiger charge is 2.29. The minimum Gasteiger partial charge on any atom is -0.444 e. The van der Waals surface area contributed by atoms with E-state index in [0.29, 0.717) is 6.04 Å². The van der Waals surface area contributed by atoms with Crippen LogP contribution in [0.3, 0.4) is 0 Å². The van der Waals surface area contributed by atoms with Gasteiger partial charge in [-0.25, -0.2) is 4.79 Å². The van der Waals surface area contributed by atoms with Gasteiger partial charge in [-0.05, 0) is 70.6 Å². The number of hydrogen-bond acceptors (Lipinski definition) is 3. The Morgan fingerprint density at radius 1 is 1.28 bits per heavy atom. The molecule has 1 N–H and O–H groups in total. The summed E-state index contributed by atoms with van der Waals surface area (Å²) in [5, 5.41) is 4.44. The van der Waals surface area contributed by atoms with Gasteiger partial charge in [-0.3, -0.25) is 0 Å². The summed E-state index contributed by atoms with van der Waals surface area (Å²) >= 11 is 6.19. The minimum atomic E-state index is -0.445. The molecule has 0 spiro atoms. The van der Waals surface area contributed by atoms with Crippen LogP contribution in [0.15, 0.2) is 18.2 Å². The number of benzene rings is 1. The Morgan fingerprint density at radius 2 is 1.92 bits per heavy atom. The number of halogens is 1. The molecular formula is C20H31ClN2O2. The van der Waals surface area contributed by atoms with Crippen molar-refractivity contribution in [3.05, 3.63) is 34.3 Å². The van der Waals surface area contributed by atoms with Gasteiger partial charge >= 0.3 is 6.09 Å². The van der Waals surface area contributed by atoms with Crippen LogP contribution in [-0.2, 0) is 11.3 Å². The first-order valence-electron chi connectivity index (χ1n) is 9.10. The van der Waals surface area contributed by atoms with Gasteiger partial charge in [-0.1, -0.05) is 23.7 Å². The molecule has 0 saturated heterocycles. The van der Waals surface area contributed by atoms with Gasteiger partial charge in [0.15, 0.2) is 0 Å².